The first kappa shape index (κ1) is 25.1. The van der Waals surface area contributed by atoms with E-state index >= 15 is 0 Å². The summed E-state index contributed by atoms with van der Waals surface area (Å²) < 4.78 is 52.3. The van der Waals surface area contributed by atoms with Crippen molar-refractivity contribution < 1.29 is 21.6 Å². The van der Waals surface area contributed by atoms with E-state index in [9.17, 15) is 21.6 Å². The van der Waals surface area contributed by atoms with Crippen LogP contribution >= 0.6 is 0 Å². The Hall–Kier alpha value is -3.50. The van der Waals surface area contributed by atoms with Gasteiger partial charge in [-0.1, -0.05) is 49.7 Å². The third-order valence-electron chi connectivity index (χ3n) is 4.82. The average molecular weight is 500 g/mol. The van der Waals surface area contributed by atoms with Crippen LogP contribution in [0.2, 0.25) is 0 Å². The quantitative estimate of drug-likeness (QED) is 0.407. The second kappa shape index (κ2) is 11.1. The highest BCUT2D eigenvalue weighted by molar-refractivity contribution is 8.14. The molecule has 178 valence electrons. The zero-order valence-corrected chi connectivity index (χ0v) is 20.1. The fraction of sp³-hybridized carbons (Fsp3) is 0.167. The number of benzene rings is 2. The molecule has 10 heteroatoms. The van der Waals surface area contributed by atoms with Gasteiger partial charge in [-0.3, -0.25) is 4.79 Å². The number of carbonyl (C=O) groups is 1. The van der Waals surface area contributed by atoms with E-state index in [1.165, 1.54) is 66.9 Å². The molecule has 0 saturated heterocycles. The van der Waals surface area contributed by atoms with Crippen molar-refractivity contribution in [2.24, 2.45) is 0 Å². The largest absolute Gasteiger partial charge is 0.352 e. The predicted molar refractivity (Wildman–Crippen MR) is 130 cm³/mol. The van der Waals surface area contributed by atoms with Crippen LogP contribution in [0.25, 0.3) is 0 Å². The summed E-state index contributed by atoms with van der Waals surface area (Å²) in [6.45, 7) is 2.57. The smallest absolute Gasteiger partial charge is 0.252 e. The summed E-state index contributed by atoms with van der Waals surface area (Å²) in [5.74, 6) is -0.101. The molecule has 1 heterocycles. The first-order valence-electron chi connectivity index (χ1n) is 10.6. The molecule has 0 aliphatic rings. The number of sulfone groups is 2. The van der Waals surface area contributed by atoms with Crippen molar-refractivity contribution in [2.75, 3.05) is 11.9 Å². The molecular weight excluding hydrogens is 474 g/mol. The van der Waals surface area contributed by atoms with Gasteiger partial charge in [-0.15, -0.1) is 0 Å². The topological polar surface area (TPSA) is 122 Å². The number of unbranched alkanes of at least 4 members (excludes halogenated alkanes) is 1. The molecule has 2 N–H and O–H groups in total. The number of hydrogen-bond donors (Lipinski definition) is 2. The van der Waals surface area contributed by atoms with E-state index < -0.39 is 23.9 Å². The van der Waals surface area contributed by atoms with Crippen LogP contribution in [0.5, 0.6) is 0 Å². The van der Waals surface area contributed by atoms with Crippen LogP contribution in [-0.2, 0) is 19.7 Å². The lowest BCUT2D eigenvalue weighted by molar-refractivity contribution is 0.0953. The summed E-state index contributed by atoms with van der Waals surface area (Å²) in [6.07, 6.45) is 4.05. The maximum Gasteiger partial charge on any atom is 0.252 e. The molecule has 0 radical (unpaired) electrons. The van der Waals surface area contributed by atoms with Gasteiger partial charge < -0.3 is 10.6 Å². The Balaban J connectivity index is 1.95. The molecule has 0 atom stereocenters. The molecule has 0 bridgehead atoms. The third-order valence-corrected chi connectivity index (χ3v) is 9.21. The summed E-state index contributed by atoms with van der Waals surface area (Å²) >= 11 is 0. The van der Waals surface area contributed by atoms with Gasteiger partial charge in [0.25, 0.3) is 5.91 Å². The number of rotatable bonds is 10. The fourth-order valence-corrected chi connectivity index (χ4v) is 6.61. The SMILES string of the molecule is CCCCNC(=O)c1ccc(NC=C(S(=O)(=O)c2ccccc2)S(=O)(=O)c2ccccc2)nc1. The van der Waals surface area contributed by atoms with Crippen LogP contribution in [0.3, 0.4) is 0 Å². The lowest BCUT2D eigenvalue weighted by atomic mass is 10.2. The summed E-state index contributed by atoms with van der Waals surface area (Å²) in [6, 6.07) is 17.6. The Morgan fingerprint density at radius 3 is 1.88 bits per heavy atom. The average Bonchev–Trinajstić information content (AvgIpc) is 2.85. The van der Waals surface area contributed by atoms with Gasteiger partial charge in [0.1, 0.15) is 5.82 Å². The van der Waals surface area contributed by atoms with E-state index in [0.29, 0.717) is 12.1 Å². The summed E-state index contributed by atoms with van der Waals surface area (Å²) in [4.78, 5) is 15.9. The van der Waals surface area contributed by atoms with E-state index in [2.05, 4.69) is 15.6 Å². The van der Waals surface area contributed by atoms with Crippen molar-refractivity contribution in [2.45, 2.75) is 29.6 Å². The number of carbonyl (C=O) groups excluding carboxylic acids is 1. The predicted octanol–water partition coefficient (Wildman–Crippen LogP) is 3.77. The van der Waals surface area contributed by atoms with E-state index in [4.69, 9.17) is 0 Å². The Labute approximate surface area is 199 Å². The van der Waals surface area contributed by atoms with Gasteiger partial charge in [-0.25, -0.2) is 21.8 Å². The van der Waals surface area contributed by atoms with Gasteiger partial charge in [0.2, 0.25) is 19.7 Å². The third kappa shape index (κ3) is 5.89. The Morgan fingerprint density at radius 2 is 1.41 bits per heavy atom. The number of hydrogen-bond acceptors (Lipinski definition) is 7. The van der Waals surface area contributed by atoms with Crippen LogP contribution in [0.1, 0.15) is 30.1 Å². The van der Waals surface area contributed by atoms with Gasteiger partial charge >= 0.3 is 0 Å². The number of amides is 1. The molecule has 0 unspecified atom stereocenters. The van der Waals surface area contributed by atoms with Crippen molar-refractivity contribution in [1.29, 1.82) is 0 Å². The van der Waals surface area contributed by atoms with E-state index in [0.717, 1.165) is 19.0 Å². The monoisotopic (exact) mass is 499 g/mol. The highest BCUT2D eigenvalue weighted by atomic mass is 32.3. The lowest BCUT2D eigenvalue weighted by Gasteiger charge is -2.12. The van der Waals surface area contributed by atoms with Crippen LogP contribution in [0.15, 0.2) is 99.2 Å². The van der Waals surface area contributed by atoms with E-state index in [1.54, 1.807) is 12.1 Å². The summed E-state index contributed by atoms with van der Waals surface area (Å²) in [5.41, 5.74) is 0.333. The van der Waals surface area contributed by atoms with Gasteiger partial charge in [-0.2, -0.15) is 0 Å². The molecule has 3 rings (SSSR count). The van der Waals surface area contributed by atoms with Crippen LogP contribution in [0.4, 0.5) is 5.82 Å². The van der Waals surface area contributed by atoms with Gasteiger partial charge in [0.15, 0.2) is 4.24 Å². The summed E-state index contributed by atoms with van der Waals surface area (Å²) in [7, 11) is -8.79. The van der Waals surface area contributed by atoms with Crippen molar-refractivity contribution in [3.05, 3.63) is 95.0 Å². The number of pyridine rings is 1. The minimum Gasteiger partial charge on any atom is -0.352 e. The maximum atomic E-state index is 13.3. The van der Waals surface area contributed by atoms with Gasteiger partial charge in [0, 0.05) is 18.9 Å². The van der Waals surface area contributed by atoms with Crippen LogP contribution < -0.4 is 10.6 Å². The Bertz CT molecular complexity index is 1280. The van der Waals surface area contributed by atoms with Crippen molar-refractivity contribution in [3.8, 4) is 0 Å². The Morgan fingerprint density at radius 1 is 0.853 bits per heavy atom. The molecule has 34 heavy (non-hydrogen) atoms. The molecule has 0 aliphatic carbocycles. The van der Waals surface area contributed by atoms with Crippen LogP contribution in [-0.4, -0.2) is 34.3 Å². The van der Waals surface area contributed by atoms with Crippen LogP contribution in [0, 0.1) is 0 Å². The highest BCUT2D eigenvalue weighted by Crippen LogP contribution is 2.29. The molecule has 0 aliphatic heterocycles. The number of anilines is 1. The van der Waals surface area contributed by atoms with Crippen molar-refractivity contribution in [3.63, 3.8) is 0 Å². The molecule has 0 fully saturated rings. The first-order chi connectivity index (χ1) is 16.3. The zero-order chi connectivity index (χ0) is 24.6. The van der Waals surface area contributed by atoms with Gasteiger partial charge in [-0.05, 0) is 42.8 Å². The standard InChI is InChI=1S/C24H25N3O5S2/c1-2-3-16-25-24(28)19-14-15-22(26-17-19)27-18-23(33(29,30)20-10-6-4-7-11-20)34(31,32)21-12-8-5-9-13-21/h4-15,17-18H,2-3,16H2,1H3,(H,25,28)(H,26,27). The second-order valence-corrected chi connectivity index (χ2v) is 11.4. The molecule has 3 aromatic rings. The number of aromatic nitrogens is 1. The second-order valence-electron chi connectivity index (χ2n) is 7.28. The van der Waals surface area contributed by atoms with E-state index in [-0.39, 0.29) is 21.5 Å². The molecule has 0 spiro atoms. The molecule has 1 aromatic heterocycles. The van der Waals surface area contributed by atoms with Crippen molar-refractivity contribution in [1.82, 2.24) is 10.3 Å². The molecule has 1 amide bonds. The normalized spacial score (nSPS) is 11.4. The first-order valence-corrected chi connectivity index (χ1v) is 13.5. The molecule has 0 saturated carbocycles. The molecular formula is C24H25N3O5S2. The highest BCUT2D eigenvalue weighted by Gasteiger charge is 2.33. The minimum atomic E-state index is -4.39. The van der Waals surface area contributed by atoms with Gasteiger partial charge in [0.05, 0.1) is 15.4 Å². The lowest BCUT2D eigenvalue weighted by Crippen LogP contribution is -2.24. The molecule has 8 nitrogen and oxygen atoms in total. The summed E-state index contributed by atoms with van der Waals surface area (Å²) in [5, 5.41) is 5.43. The van der Waals surface area contributed by atoms with E-state index in [1.807, 2.05) is 6.92 Å². The number of nitrogens with zero attached hydrogens (tertiary/aromatic N) is 1. The maximum absolute atomic E-state index is 13.3. The Kier molecular flexibility index (Phi) is 8.19. The number of nitrogens with one attached hydrogen (secondary N) is 2. The zero-order valence-electron chi connectivity index (χ0n) is 18.5. The van der Waals surface area contributed by atoms with Crippen molar-refractivity contribution >= 4 is 31.4 Å². The minimum absolute atomic E-state index is 0.158. The molecule has 2 aromatic carbocycles. The fourth-order valence-electron chi connectivity index (χ4n) is 2.96.